The topological polar surface area (TPSA) is 53.2 Å². The standard InChI is InChI=1S/C11H20N4O/c1-3-15-4-5-16-10(8-15)11-13-7-9(14-11)6-12-2/h7,10,12H,3-6,8H2,1-2H3,(H,13,14). The van der Waals surface area contributed by atoms with Crippen molar-refractivity contribution < 1.29 is 4.74 Å². The van der Waals surface area contributed by atoms with Crippen LogP contribution in [-0.2, 0) is 11.3 Å². The molecule has 2 heterocycles. The first-order valence-corrected chi connectivity index (χ1v) is 5.85. The molecule has 1 aliphatic heterocycles. The number of morpholine rings is 1. The van der Waals surface area contributed by atoms with Gasteiger partial charge in [-0.2, -0.15) is 0 Å². The average Bonchev–Trinajstić information content (AvgIpc) is 2.78. The van der Waals surface area contributed by atoms with E-state index in [2.05, 4.69) is 27.1 Å². The van der Waals surface area contributed by atoms with Crippen LogP contribution in [0.5, 0.6) is 0 Å². The Morgan fingerprint density at radius 3 is 3.31 bits per heavy atom. The van der Waals surface area contributed by atoms with Gasteiger partial charge in [-0.15, -0.1) is 0 Å². The number of ether oxygens (including phenoxy) is 1. The maximum absolute atomic E-state index is 5.73. The van der Waals surface area contributed by atoms with Crippen LogP contribution in [0.1, 0.15) is 24.5 Å². The molecular weight excluding hydrogens is 204 g/mol. The van der Waals surface area contributed by atoms with E-state index in [4.69, 9.17) is 4.74 Å². The monoisotopic (exact) mass is 224 g/mol. The predicted octanol–water partition coefficient (Wildman–Crippen LogP) is 0.522. The summed E-state index contributed by atoms with van der Waals surface area (Å²) in [6, 6.07) is 0. The Labute approximate surface area is 96.2 Å². The fourth-order valence-corrected chi connectivity index (χ4v) is 1.98. The van der Waals surface area contributed by atoms with Gasteiger partial charge in [0.2, 0.25) is 0 Å². The highest BCUT2D eigenvalue weighted by molar-refractivity contribution is 5.04. The van der Waals surface area contributed by atoms with Crippen molar-refractivity contribution in [2.75, 3.05) is 33.3 Å². The van der Waals surface area contributed by atoms with Crippen molar-refractivity contribution in [3.05, 3.63) is 17.7 Å². The van der Waals surface area contributed by atoms with Gasteiger partial charge in [0.1, 0.15) is 11.9 Å². The van der Waals surface area contributed by atoms with E-state index in [0.29, 0.717) is 0 Å². The molecule has 16 heavy (non-hydrogen) atoms. The van der Waals surface area contributed by atoms with Crippen molar-refractivity contribution in [3.8, 4) is 0 Å². The highest BCUT2D eigenvalue weighted by Crippen LogP contribution is 2.19. The van der Waals surface area contributed by atoms with Gasteiger partial charge < -0.3 is 15.0 Å². The Morgan fingerprint density at radius 2 is 2.56 bits per heavy atom. The molecule has 1 aromatic heterocycles. The van der Waals surface area contributed by atoms with Crippen molar-refractivity contribution in [1.29, 1.82) is 0 Å². The Hall–Kier alpha value is -0.910. The minimum Gasteiger partial charge on any atom is -0.368 e. The summed E-state index contributed by atoms with van der Waals surface area (Å²) in [7, 11) is 1.93. The van der Waals surface area contributed by atoms with E-state index in [1.807, 2.05) is 13.2 Å². The zero-order chi connectivity index (χ0) is 11.4. The highest BCUT2D eigenvalue weighted by atomic mass is 16.5. The summed E-state index contributed by atoms with van der Waals surface area (Å²) in [4.78, 5) is 10.1. The molecule has 0 saturated carbocycles. The van der Waals surface area contributed by atoms with E-state index >= 15 is 0 Å². The van der Waals surface area contributed by atoms with Crippen LogP contribution >= 0.6 is 0 Å². The normalized spacial score (nSPS) is 22.5. The predicted molar refractivity (Wildman–Crippen MR) is 62.2 cm³/mol. The second-order valence-electron chi connectivity index (χ2n) is 4.08. The van der Waals surface area contributed by atoms with Crippen LogP contribution in [0.4, 0.5) is 0 Å². The van der Waals surface area contributed by atoms with Crippen LogP contribution in [0.25, 0.3) is 0 Å². The van der Waals surface area contributed by atoms with Gasteiger partial charge in [0, 0.05) is 31.5 Å². The number of likely N-dealkylation sites (N-methyl/N-ethyl adjacent to an activating group) is 1. The van der Waals surface area contributed by atoms with Crippen molar-refractivity contribution in [2.24, 2.45) is 0 Å². The molecule has 90 valence electrons. The molecule has 1 saturated heterocycles. The van der Waals surface area contributed by atoms with Crippen LogP contribution in [0, 0.1) is 0 Å². The molecule has 2 rings (SSSR count). The lowest BCUT2D eigenvalue weighted by Gasteiger charge is -2.30. The first-order chi connectivity index (χ1) is 7.83. The molecule has 1 aromatic rings. The smallest absolute Gasteiger partial charge is 0.136 e. The molecule has 0 bridgehead atoms. The first-order valence-electron chi connectivity index (χ1n) is 5.85. The Balaban J connectivity index is 1.99. The molecule has 1 aliphatic rings. The summed E-state index contributed by atoms with van der Waals surface area (Å²) in [5.41, 5.74) is 1.11. The summed E-state index contributed by atoms with van der Waals surface area (Å²) in [5.74, 6) is 0.948. The Morgan fingerprint density at radius 1 is 1.69 bits per heavy atom. The second-order valence-corrected chi connectivity index (χ2v) is 4.08. The van der Waals surface area contributed by atoms with Gasteiger partial charge >= 0.3 is 0 Å². The van der Waals surface area contributed by atoms with E-state index in [-0.39, 0.29) is 6.10 Å². The van der Waals surface area contributed by atoms with Crippen LogP contribution < -0.4 is 5.32 Å². The van der Waals surface area contributed by atoms with Crippen molar-refractivity contribution in [2.45, 2.75) is 19.6 Å². The Bertz CT molecular complexity index is 326. The molecule has 0 aromatic carbocycles. The first kappa shape index (κ1) is 11.6. The summed E-state index contributed by atoms with van der Waals surface area (Å²) < 4.78 is 5.73. The van der Waals surface area contributed by atoms with Crippen molar-refractivity contribution >= 4 is 0 Å². The molecule has 1 unspecified atom stereocenters. The van der Waals surface area contributed by atoms with Gasteiger partial charge in [-0.05, 0) is 13.6 Å². The van der Waals surface area contributed by atoms with Crippen LogP contribution in [0.3, 0.4) is 0 Å². The van der Waals surface area contributed by atoms with E-state index < -0.39 is 0 Å². The molecule has 0 radical (unpaired) electrons. The van der Waals surface area contributed by atoms with Gasteiger partial charge in [0.15, 0.2) is 0 Å². The summed E-state index contributed by atoms with van der Waals surface area (Å²) in [6.07, 6.45) is 1.97. The van der Waals surface area contributed by atoms with E-state index in [1.165, 1.54) is 0 Å². The molecule has 2 N–H and O–H groups in total. The maximum atomic E-state index is 5.73. The van der Waals surface area contributed by atoms with Crippen molar-refractivity contribution in [1.82, 2.24) is 20.2 Å². The third-order valence-corrected chi connectivity index (χ3v) is 2.92. The van der Waals surface area contributed by atoms with Gasteiger partial charge in [-0.25, -0.2) is 4.98 Å². The third-order valence-electron chi connectivity index (χ3n) is 2.92. The number of H-pyrrole nitrogens is 1. The number of aromatic amines is 1. The van der Waals surface area contributed by atoms with Gasteiger partial charge in [-0.3, -0.25) is 4.90 Å². The minimum absolute atomic E-state index is 0.0966. The molecular formula is C11H20N4O. The van der Waals surface area contributed by atoms with E-state index in [1.54, 1.807) is 0 Å². The molecule has 1 atom stereocenters. The molecule has 5 heteroatoms. The molecule has 1 fully saturated rings. The lowest BCUT2D eigenvalue weighted by atomic mass is 10.2. The molecule has 0 aliphatic carbocycles. The second kappa shape index (κ2) is 5.43. The number of rotatable bonds is 4. The number of aromatic nitrogens is 2. The minimum atomic E-state index is 0.0966. The van der Waals surface area contributed by atoms with Crippen LogP contribution in [0.15, 0.2) is 6.20 Å². The summed E-state index contributed by atoms with van der Waals surface area (Å²) >= 11 is 0. The average molecular weight is 224 g/mol. The zero-order valence-electron chi connectivity index (χ0n) is 9.99. The third kappa shape index (κ3) is 2.61. The van der Waals surface area contributed by atoms with Crippen LogP contribution in [-0.4, -0.2) is 48.2 Å². The Kier molecular flexibility index (Phi) is 3.93. The van der Waals surface area contributed by atoms with E-state index in [9.17, 15) is 0 Å². The summed E-state index contributed by atoms with van der Waals surface area (Å²) in [5, 5.41) is 3.10. The SMILES string of the molecule is CCN1CCOC(c2ncc(CNC)[nH]2)C1. The van der Waals surface area contributed by atoms with Gasteiger partial charge in [0.05, 0.1) is 6.61 Å². The van der Waals surface area contributed by atoms with Gasteiger partial charge in [-0.1, -0.05) is 6.92 Å². The quantitative estimate of drug-likeness (QED) is 0.783. The number of nitrogens with one attached hydrogen (secondary N) is 2. The number of nitrogens with zero attached hydrogens (tertiary/aromatic N) is 2. The van der Waals surface area contributed by atoms with Gasteiger partial charge in [0.25, 0.3) is 0 Å². The fraction of sp³-hybridized carbons (Fsp3) is 0.727. The highest BCUT2D eigenvalue weighted by Gasteiger charge is 2.23. The lowest BCUT2D eigenvalue weighted by molar-refractivity contribution is -0.0322. The fourth-order valence-electron chi connectivity index (χ4n) is 1.98. The van der Waals surface area contributed by atoms with Crippen LogP contribution in [0.2, 0.25) is 0 Å². The number of hydrogen-bond donors (Lipinski definition) is 2. The summed E-state index contributed by atoms with van der Waals surface area (Å²) in [6.45, 7) is 6.82. The van der Waals surface area contributed by atoms with Crippen molar-refractivity contribution in [3.63, 3.8) is 0 Å². The lowest BCUT2D eigenvalue weighted by Crippen LogP contribution is -2.38. The number of imidazole rings is 1. The zero-order valence-corrected chi connectivity index (χ0v) is 9.99. The number of hydrogen-bond acceptors (Lipinski definition) is 4. The molecule has 5 nitrogen and oxygen atoms in total. The maximum Gasteiger partial charge on any atom is 0.136 e. The largest absolute Gasteiger partial charge is 0.368 e. The van der Waals surface area contributed by atoms with E-state index in [0.717, 1.165) is 44.3 Å². The molecule has 0 spiro atoms. The molecule has 0 amide bonds.